The van der Waals surface area contributed by atoms with Crippen LogP contribution in [-0.4, -0.2) is 40.2 Å². The zero-order chi connectivity index (χ0) is 25.4. The van der Waals surface area contributed by atoms with Crippen LogP contribution in [0.4, 0.5) is 13.2 Å². The van der Waals surface area contributed by atoms with E-state index in [-0.39, 0.29) is 36.3 Å². The van der Waals surface area contributed by atoms with Gasteiger partial charge in [-0.05, 0) is 51.5 Å². The summed E-state index contributed by atoms with van der Waals surface area (Å²) in [6.07, 6.45) is 0.668. The summed E-state index contributed by atoms with van der Waals surface area (Å²) in [7, 11) is 0. The number of carbonyl (C=O) groups excluding carboxylic acids is 1. The van der Waals surface area contributed by atoms with Gasteiger partial charge in [0.15, 0.2) is 0 Å². The number of imidazole rings is 1. The third-order valence-electron chi connectivity index (χ3n) is 6.21. The number of halogens is 4. The Bertz CT molecular complexity index is 959. The Balaban J connectivity index is 1.69. The van der Waals surface area contributed by atoms with Crippen molar-refractivity contribution in [3.8, 4) is 5.75 Å². The number of carbonyl (C=O) groups is 1. The summed E-state index contributed by atoms with van der Waals surface area (Å²) in [4.78, 5) is 15.7. The number of rotatable bonds is 11. The second-order valence-electron chi connectivity index (χ2n) is 8.90. The first-order valence-corrected chi connectivity index (χ1v) is 12.5. The molecule has 2 aromatic rings. The predicted molar refractivity (Wildman–Crippen MR) is 128 cm³/mol. The van der Waals surface area contributed by atoms with Gasteiger partial charge in [-0.15, -0.1) is 11.6 Å². The van der Waals surface area contributed by atoms with Gasteiger partial charge >= 0.3 is 12.1 Å². The standard InChI is InChI=1S/C25H33ClF3N3O3/c1-2-34-23(33)14-20(30)7-5-13-35-21-8-4-3-6-18(21)16-32-22(25(27,28)29)15-31-24(32)17-9-11-19(26)12-10-17/h3-4,6,8,15,17,19-20H,2,5,7,9-14,16,30H2,1H3/t17?,19?,20-/m1/s1. The van der Waals surface area contributed by atoms with Crippen molar-refractivity contribution < 1.29 is 27.4 Å². The number of benzene rings is 1. The third kappa shape index (κ3) is 7.87. The van der Waals surface area contributed by atoms with Gasteiger partial charge in [-0.1, -0.05) is 18.2 Å². The summed E-state index contributed by atoms with van der Waals surface area (Å²) in [6, 6.07) is 6.74. The Kier molecular flexibility index (Phi) is 9.86. The third-order valence-corrected chi connectivity index (χ3v) is 6.65. The van der Waals surface area contributed by atoms with Crippen LogP contribution < -0.4 is 10.5 Å². The number of hydrogen-bond donors (Lipinski definition) is 1. The number of ether oxygens (including phenoxy) is 2. The van der Waals surface area contributed by atoms with Crippen LogP contribution in [0.15, 0.2) is 30.5 Å². The minimum absolute atomic E-state index is 0.00350. The molecule has 10 heteroatoms. The van der Waals surface area contributed by atoms with E-state index in [1.165, 1.54) is 4.57 Å². The monoisotopic (exact) mass is 515 g/mol. The van der Waals surface area contributed by atoms with E-state index in [1.54, 1.807) is 31.2 Å². The number of nitrogens with zero attached hydrogens (tertiary/aromatic N) is 2. The Morgan fingerprint density at radius 3 is 2.66 bits per heavy atom. The molecule has 0 saturated heterocycles. The molecule has 1 atom stereocenters. The van der Waals surface area contributed by atoms with E-state index >= 15 is 0 Å². The van der Waals surface area contributed by atoms with E-state index in [9.17, 15) is 18.0 Å². The lowest BCUT2D eigenvalue weighted by molar-refractivity contribution is -0.144. The van der Waals surface area contributed by atoms with Gasteiger partial charge in [0, 0.05) is 22.9 Å². The Hall–Kier alpha value is -2.26. The first-order valence-electron chi connectivity index (χ1n) is 12.1. The van der Waals surface area contributed by atoms with Crippen LogP contribution in [-0.2, 0) is 22.3 Å². The molecule has 1 saturated carbocycles. The Labute approximate surface area is 208 Å². The molecule has 0 spiro atoms. The summed E-state index contributed by atoms with van der Waals surface area (Å²) >= 11 is 6.20. The average Bonchev–Trinajstić information content (AvgIpc) is 3.22. The van der Waals surface area contributed by atoms with Crippen molar-refractivity contribution in [2.75, 3.05) is 13.2 Å². The van der Waals surface area contributed by atoms with Gasteiger partial charge in [0.05, 0.1) is 32.4 Å². The molecule has 1 aliphatic carbocycles. The Morgan fingerprint density at radius 1 is 1.26 bits per heavy atom. The van der Waals surface area contributed by atoms with Crippen LogP contribution in [0.5, 0.6) is 5.75 Å². The molecule has 1 aromatic heterocycles. The largest absolute Gasteiger partial charge is 0.493 e. The molecular formula is C25H33ClF3N3O3. The van der Waals surface area contributed by atoms with Crippen molar-refractivity contribution >= 4 is 17.6 Å². The van der Waals surface area contributed by atoms with Crippen molar-refractivity contribution in [3.63, 3.8) is 0 Å². The maximum Gasteiger partial charge on any atom is 0.433 e. The smallest absolute Gasteiger partial charge is 0.433 e. The second kappa shape index (κ2) is 12.6. The molecule has 3 rings (SSSR count). The fourth-order valence-corrected chi connectivity index (χ4v) is 4.68. The van der Waals surface area contributed by atoms with Crippen LogP contribution >= 0.6 is 11.6 Å². The molecule has 35 heavy (non-hydrogen) atoms. The zero-order valence-electron chi connectivity index (χ0n) is 19.9. The second-order valence-corrected chi connectivity index (χ2v) is 9.52. The molecule has 1 fully saturated rings. The lowest BCUT2D eigenvalue weighted by Gasteiger charge is -2.26. The first-order chi connectivity index (χ1) is 16.7. The average molecular weight is 516 g/mol. The van der Waals surface area contributed by atoms with Crippen molar-refractivity contribution in [2.24, 2.45) is 5.73 Å². The minimum atomic E-state index is -4.51. The van der Waals surface area contributed by atoms with Gasteiger partial charge in [-0.2, -0.15) is 13.2 Å². The topological polar surface area (TPSA) is 79.4 Å². The molecule has 1 aliphatic rings. The lowest BCUT2D eigenvalue weighted by atomic mass is 9.88. The van der Waals surface area contributed by atoms with Crippen molar-refractivity contribution in [1.29, 1.82) is 0 Å². The number of nitrogens with two attached hydrogens (primary N) is 1. The van der Waals surface area contributed by atoms with Gasteiger partial charge < -0.3 is 19.8 Å². The summed E-state index contributed by atoms with van der Waals surface area (Å²) in [5, 5.41) is 0.0660. The summed E-state index contributed by atoms with van der Waals surface area (Å²) < 4.78 is 53.5. The number of para-hydroxylation sites is 1. The van der Waals surface area contributed by atoms with Crippen molar-refractivity contribution in [1.82, 2.24) is 9.55 Å². The molecule has 6 nitrogen and oxygen atoms in total. The maximum absolute atomic E-state index is 13.8. The van der Waals surface area contributed by atoms with E-state index in [4.69, 9.17) is 26.8 Å². The molecule has 1 heterocycles. The summed E-state index contributed by atoms with van der Waals surface area (Å²) in [5.74, 6) is 0.571. The van der Waals surface area contributed by atoms with E-state index in [0.717, 1.165) is 19.0 Å². The molecule has 0 bridgehead atoms. The van der Waals surface area contributed by atoms with Gasteiger partial charge in [0.25, 0.3) is 0 Å². The van der Waals surface area contributed by atoms with Crippen LogP contribution in [0.2, 0.25) is 0 Å². The van der Waals surface area contributed by atoms with Crippen LogP contribution in [0.3, 0.4) is 0 Å². The van der Waals surface area contributed by atoms with Crippen LogP contribution in [0, 0.1) is 0 Å². The summed E-state index contributed by atoms with van der Waals surface area (Å²) in [6.45, 7) is 2.39. The normalized spacial score (nSPS) is 19.4. The zero-order valence-corrected chi connectivity index (χ0v) is 20.7. The van der Waals surface area contributed by atoms with Crippen molar-refractivity contribution in [3.05, 3.63) is 47.5 Å². The SMILES string of the molecule is CCOC(=O)C[C@H](N)CCCOc1ccccc1Cn1c(C(F)(F)F)cnc1C1CCC(Cl)CC1. The fraction of sp³-hybridized carbons (Fsp3) is 0.600. The maximum atomic E-state index is 13.8. The van der Waals surface area contributed by atoms with Crippen molar-refractivity contribution in [2.45, 2.75) is 81.9 Å². The molecule has 194 valence electrons. The van der Waals surface area contributed by atoms with E-state index in [0.29, 0.717) is 56.0 Å². The van der Waals surface area contributed by atoms with Gasteiger partial charge in [0.2, 0.25) is 0 Å². The summed E-state index contributed by atoms with van der Waals surface area (Å²) in [5.41, 5.74) is 5.85. The molecule has 0 unspecified atom stereocenters. The quantitative estimate of drug-likeness (QED) is 0.237. The van der Waals surface area contributed by atoms with E-state index in [1.807, 2.05) is 0 Å². The van der Waals surface area contributed by atoms with Crippen LogP contribution in [0.1, 0.15) is 74.9 Å². The number of aromatic nitrogens is 2. The van der Waals surface area contributed by atoms with Gasteiger partial charge in [-0.25, -0.2) is 4.98 Å². The van der Waals surface area contributed by atoms with Gasteiger partial charge in [-0.3, -0.25) is 4.79 Å². The number of esters is 1. The number of alkyl halides is 4. The molecule has 2 N–H and O–H groups in total. The fourth-order valence-electron chi connectivity index (χ4n) is 4.43. The highest BCUT2D eigenvalue weighted by Crippen LogP contribution is 2.38. The van der Waals surface area contributed by atoms with E-state index in [2.05, 4.69) is 4.98 Å². The lowest BCUT2D eigenvalue weighted by Crippen LogP contribution is -2.25. The molecule has 0 aliphatic heterocycles. The van der Waals surface area contributed by atoms with Crippen LogP contribution in [0.25, 0.3) is 0 Å². The molecule has 1 aromatic carbocycles. The predicted octanol–water partition coefficient (Wildman–Crippen LogP) is 5.65. The highest BCUT2D eigenvalue weighted by molar-refractivity contribution is 6.20. The highest BCUT2D eigenvalue weighted by atomic mass is 35.5. The molecular weight excluding hydrogens is 483 g/mol. The van der Waals surface area contributed by atoms with E-state index < -0.39 is 11.9 Å². The van der Waals surface area contributed by atoms with Gasteiger partial charge in [0.1, 0.15) is 17.3 Å². The highest BCUT2D eigenvalue weighted by Gasteiger charge is 2.37. The Morgan fingerprint density at radius 2 is 1.97 bits per heavy atom. The molecule has 0 amide bonds. The minimum Gasteiger partial charge on any atom is -0.493 e. The molecule has 0 radical (unpaired) electrons. The number of hydrogen-bond acceptors (Lipinski definition) is 5. The first kappa shape index (κ1) is 27.3.